The van der Waals surface area contributed by atoms with Gasteiger partial charge < -0.3 is 0 Å². The summed E-state index contributed by atoms with van der Waals surface area (Å²) in [7, 11) is 0. The van der Waals surface area contributed by atoms with Gasteiger partial charge in [0.25, 0.3) is 0 Å². The molecule has 0 N–H and O–H groups in total. The maximum Gasteiger partial charge on any atom is 0.0357 e. The Bertz CT molecular complexity index is 452. The molecular formula is C12H10BrN. The zero-order chi connectivity index (χ0) is 9.97. The van der Waals surface area contributed by atoms with Crippen LogP contribution in [-0.4, -0.2) is 4.98 Å². The number of hydrogen-bond donors (Lipinski definition) is 0. The third-order valence-corrected chi connectivity index (χ3v) is 2.79. The summed E-state index contributed by atoms with van der Waals surface area (Å²) in [5.41, 5.74) is 3.60. The van der Waals surface area contributed by atoms with Crippen molar-refractivity contribution in [3.8, 4) is 11.1 Å². The fraction of sp³-hybridized carbons (Fsp3) is 0.0833. The van der Waals surface area contributed by atoms with Crippen LogP contribution in [-0.2, 0) is 0 Å². The van der Waals surface area contributed by atoms with Gasteiger partial charge in [0.05, 0.1) is 0 Å². The van der Waals surface area contributed by atoms with Gasteiger partial charge in [-0.05, 0) is 18.6 Å². The maximum absolute atomic E-state index is 4.12. The van der Waals surface area contributed by atoms with Gasteiger partial charge in [0.15, 0.2) is 0 Å². The van der Waals surface area contributed by atoms with Crippen molar-refractivity contribution in [2.75, 3.05) is 0 Å². The summed E-state index contributed by atoms with van der Waals surface area (Å²) in [6.45, 7) is 2.09. The van der Waals surface area contributed by atoms with E-state index in [1.54, 1.807) is 6.20 Å². The van der Waals surface area contributed by atoms with E-state index in [4.69, 9.17) is 0 Å². The van der Waals surface area contributed by atoms with Crippen molar-refractivity contribution in [2.45, 2.75) is 6.92 Å². The van der Waals surface area contributed by atoms with Crippen molar-refractivity contribution in [3.05, 3.63) is 52.8 Å². The van der Waals surface area contributed by atoms with Gasteiger partial charge in [0.1, 0.15) is 0 Å². The predicted octanol–water partition coefficient (Wildman–Crippen LogP) is 3.82. The Labute approximate surface area is 91.9 Å². The minimum Gasteiger partial charge on any atom is -0.264 e. The SMILES string of the molecule is Cc1cccc(-c2cnccc2Br)c1. The summed E-state index contributed by atoms with van der Waals surface area (Å²) in [6.07, 6.45) is 3.65. The first kappa shape index (κ1) is 9.41. The first-order chi connectivity index (χ1) is 6.77. The van der Waals surface area contributed by atoms with Gasteiger partial charge in [-0.15, -0.1) is 0 Å². The van der Waals surface area contributed by atoms with Gasteiger partial charge >= 0.3 is 0 Å². The molecule has 0 saturated heterocycles. The molecule has 0 atom stereocenters. The Morgan fingerprint density at radius 1 is 1.21 bits per heavy atom. The molecule has 0 saturated carbocycles. The van der Waals surface area contributed by atoms with E-state index < -0.39 is 0 Å². The summed E-state index contributed by atoms with van der Waals surface area (Å²) < 4.78 is 1.08. The Morgan fingerprint density at radius 3 is 2.79 bits per heavy atom. The van der Waals surface area contributed by atoms with Gasteiger partial charge in [-0.25, -0.2) is 0 Å². The normalized spacial score (nSPS) is 10.1. The second-order valence-electron chi connectivity index (χ2n) is 3.23. The average Bonchev–Trinajstić information content (AvgIpc) is 2.18. The molecule has 0 amide bonds. The summed E-state index contributed by atoms with van der Waals surface area (Å²) in [6, 6.07) is 10.4. The molecule has 0 aliphatic carbocycles. The highest BCUT2D eigenvalue weighted by Crippen LogP contribution is 2.27. The molecule has 0 aliphatic rings. The first-order valence-electron chi connectivity index (χ1n) is 4.44. The van der Waals surface area contributed by atoms with Gasteiger partial charge in [0.2, 0.25) is 0 Å². The molecule has 14 heavy (non-hydrogen) atoms. The lowest BCUT2D eigenvalue weighted by Gasteiger charge is -2.04. The average molecular weight is 248 g/mol. The molecule has 70 valence electrons. The van der Waals surface area contributed by atoms with E-state index in [9.17, 15) is 0 Å². The second kappa shape index (κ2) is 3.93. The molecule has 2 rings (SSSR count). The van der Waals surface area contributed by atoms with E-state index in [0.29, 0.717) is 0 Å². The minimum atomic E-state index is 1.08. The van der Waals surface area contributed by atoms with Crippen LogP contribution in [0.3, 0.4) is 0 Å². The van der Waals surface area contributed by atoms with Crippen LogP contribution in [0.4, 0.5) is 0 Å². The molecule has 0 radical (unpaired) electrons. The molecule has 0 unspecified atom stereocenters. The molecule has 2 aromatic rings. The third kappa shape index (κ3) is 1.85. The monoisotopic (exact) mass is 247 g/mol. The van der Waals surface area contributed by atoms with Crippen molar-refractivity contribution in [2.24, 2.45) is 0 Å². The molecular weight excluding hydrogens is 238 g/mol. The molecule has 1 heterocycles. The van der Waals surface area contributed by atoms with Crippen LogP contribution in [0.5, 0.6) is 0 Å². The van der Waals surface area contributed by atoms with Crippen molar-refractivity contribution >= 4 is 15.9 Å². The quantitative estimate of drug-likeness (QED) is 0.747. The zero-order valence-corrected chi connectivity index (χ0v) is 9.45. The summed E-state index contributed by atoms with van der Waals surface area (Å²) >= 11 is 3.52. The van der Waals surface area contributed by atoms with Gasteiger partial charge in [0, 0.05) is 22.4 Å². The highest BCUT2D eigenvalue weighted by molar-refractivity contribution is 9.10. The second-order valence-corrected chi connectivity index (χ2v) is 4.08. The fourth-order valence-corrected chi connectivity index (χ4v) is 1.85. The van der Waals surface area contributed by atoms with Crippen LogP contribution >= 0.6 is 15.9 Å². The highest BCUT2D eigenvalue weighted by atomic mass is 79.9. The summed E-state index contributed by atoms with van der Waals surface area (Å²) in [4.78, 5) is 4.12. The van der Waals surface area contributed by atoms with E-state index in [2.05, 4.69) is 52.1 Å². The highest BCUT2D eigenvalue weighted by Gasteiger charge is 2.01. The standard InChI is InChI=1S/C12H10BrN/c1-9-3-2-4-10(7-9)11-8-14-6-5-12(11)13/h2-8H,1H3. The third-order valence-electron chi connectivity index (χ3n) is 2.10. The Hall–Kier alpha value is -1.15. The number of aryl methyl sites for hydroxylation is 1. The summed E-state index contributed by atoms with van der Waals surface area (Å²) in [5, 5.41) is 0. The Morgan fingerprint density at radius 2 is 2.07 bits per heavy atom. The van der Waals surface area contributed by atoms with Crippen LogP contribution < -0.4 is 0 Å². The lowest BCUT2D eigenvalue weighted by molar-refractivity contribution is 1.31. The lowest BCUT2D eigenvalue weighted by Crippen LogP contribution is -1.82. The van der Waals surface area contributed by atoms with Crippen LogP contribution in [0.1, 0.15) is 5.56 Å². The van der Waals surface area contributed by atoms with E-state index in [0.717, 1.165) is 10.0 Å². The van der Waals surface area contributed by atoms with E-state index in [1.165, 1.54) is 11.1 Å². The summed E-state index contributed by atoms with van der Waals surface area (Å²) in [5.74, 6) is 0. The molecule has 2 heteroatoms. The topological polar surface area (TPSA) is 12.9 Å². The fourth-order valence-electron chi connectivity index (χ4n) is 1.40. The van der Waals surface area contributed by atoms with Gasteiger partial charge in [-0.2, -0.15) is 0 Å². The molecule has 0 fully saturated rings. The van der Waals surface area contributed by atoms with E-state index in [-0.39, 0.29) is 0 Å². The number of hydrogen-bond acceptors (Lipinski definition) is 1. The number of nitrogens with zero attached hydrogens (tertiary/aromatic N) is 1. The van der Waals surface area contributed by atoms with Crippen LogP contribution in [0.25, 0.3) is 11.1 Å². The molecule has 1 nitrogen and oxygen atoms in total. The number of aromatic nitrogens is 1. The molecule has 1 aromatic carbocycles. The molecule has 0 bridgehead atoms. The van der Waals surface area contributed by atoms with Gasteiger partial charge in [-0.1, -0.05) is 45.8 Å². The smallest absolute Gasteiger partial charge is 0.0357 e. The molecule has 0 spiro atoms. The van der Waals surface area contributed by atoms with E-state index in [1.807, 2.05) is 12.3 Å². The van der Waals surface area contributed by atoms with Gasteiger partial charge in [-0.3, -0.25) is 4.98 Å². The number of benzene rings is 1. The largest absolute Gasteiger partial charge is 0.264 e. The maximum atomic E-state index is 4.12. The zero-order valence-electron chi connectivity index (χ0n) is 7.87. The van der Waals surface area contributed by atoms with Crippen molar-refractivity contribution < 1.29 is 0 Å². The van der Waals surface area contributed by atoms with Crippen LogP contribution in [0.2, 0.25) is 0 Å². The van der Waals surface area contributed by atoms with Crippen LogP contribution in [0.15, 0.2) is 47.2 Å². The van der Waals surface area contributed by atoms with Crippen molar-refractivity contribution in [1.29, 1.82) is 0 Å². The Kier molecular flexibility index (Phi) is 2.64. The van der Waals surface area contributed by atoms with Crippen molar-refractivity contribution in [3.63, 3.8) is 0 Å². The first-order valence-corrected chi connectivity index (χ1v) is 5.23. The molecule has 1 aromatic heterocycles. The number of halogens is 1. The lowest BCUT2D eigenvalue weighted by atomic mass is 10.1. The minimum absolute atomic E-state index is 1.08. The number of rotatable bonds is 1. The van der Waals surface area contributed by atoms with Crippen molar-refractivity contribution in [1.82, 2.24) is 4.98 Å². The van der Waals surface area contributed by atoms with Crippen LogP contribution in [0, 0.1) is 6.92 Å². The number of pyridine rings is 1. The Balaban J connectivity index is 2.55. The molecule has 0 aliphatic heterocycles. The van der Waals surface area contributed by atoms with E-state index >= 15 is 0 Å². The predicted molar refractivity (Wildman–Crippen MR) is 62.1 cm³/mol.